The Morgan fingerprint density at radius 2 is 1.71 bits per heavy atom. The molecule has 1 aromatic heterocycles. The van der Waals surface area contributed by atoms with Crippen molar-refractivity contribution in [3.8, 4) is 0 Å². The fraction of sp³-hybridized carbons (Fsp3) is 0.682. The predicted octanol–water partition coefficient (Wildman–Crippen LogP) is 1.39. The molecule has 2 bridgehead atoms. The second-order valence-corrected chi connectivity index (χ2v) is 9.26. The smallest absolute Gasteiger partial charge is 0.319 e. The summed E-state index contributed by atoms with van der Waals surface area (Å²) in [5, 5.41) is 6.49. The number of rotatable bonds is 2. The Kier molecular flexibility index (Phi) is 6.57. The van der Waals surface area contributed by atoms with Gasteiger partial charge in [-0.2, -0.15) is 0 Å². The molecular formula is C22H32ClN5O3. The van der Waals surface area contributed by atoms with Gasteiger partial charge in [0.15, 0.2) is 0 Å². The third kappa shape index (κ3) is 4.32. The molecule has 0 saturated carbocycles. The maximum Gasteiger partial charge on any atom is 0.319 e. The quantitative estimate of drug-likeness (QED) is 0.714. The van der Waals surface area contributed by atoms with E-state index in [1.807, 2.05) is 20.4 Å². The second-order valence-electron chi connectivity index (χ2n) is 9.26. The van der Waals surface area contributed by atoms with Gasteiger partial charge < -0.3 is 25.0 Å². The third-order valence-corrected chi connectivity index (χ3v) is 7.23. The minimum Gasteiger partial charge on any atom is -0.349 e. The van der Waals surface area contributed by atoms with Gasteiger partial charge in [0.2, 0.25) is 0 Å². The summed E-state index contributed by atoms with van der Waals surface area (Å²) in [4.78, 5) is 42.3. The second kappa shape index (κ2) is 9.20. The highest BCUT2D eigenvalue weighted by atomic mass is 35.5. The Hall–Kier alpha value is -2.06. The highest BCUT2D eigenvalue weighted by Crippen LogP contribution is 2.31. The lowest BCUT2D eigenvalue weighted by Crippen LogP contribution is -2.51. The Bertz CT molecular complexity index is 890. The normalized spacial score (nSPS) is 25.5. The summed E-state index contributed by atoms with van der Waals surface area (Å²) < 4.78 is 1.83. The maximum atomic E-state index is 13.0. The summed E-state index contributed by atoms with van der Waals surface area (Å²) in [5.74, 6) is 0.540. The highest BCUT2D eigenvalue weighted by molar-refractivity contribution is 5.94. The first-order valence-corrected chi connectivity index (χ1v) is 11.4. The molecule has 0 radical (unpaired) electrons. The van der Waals surface area contributed by atoms with E-state index in [1.165, 1.54) is 0 Å². The Balaban J connectivity index is 0.00000231. The molecule has 0 unspecified atom stereocenters. The van der Waals surface area contributed by atoms with Crippen LogP contribution in [0.15, 0.2) is 16.9 Å². The lowest BCUT2D eigenvalue weighted by atomic mass is 9.84. The van der Waals surface area contributed by atoms with Crippen LogP contribution >= 0.6 is 12.4 Å². The SMILES string of the molecule is Cl.O=C(NC1CCN(C(=O)N2CCCC2)CC1)c1ccc2n(c1=O)C[C@@H]1CNC[C@H]2C1. The molecule has 0 aromatic carbocycles. The van der Waals surface area contributed by atoms with Crippen molar-refractivity contribution < 1.29 is 9.59 Å². The Morgan fingerprint density at radius 1 is 1.00 bits per heavy atom. The molecule has 2 N–H and O–H groups in total. The van der Waals surface area contributed by atoms with E-state index < -0.39 is 0 Å². The summed E-state index contributed by atoms with van der Waals surface area (Å²) in [7, 11) is 0. The van der Waals surface area contributed by atoms with Gasteiger partial charge in [0, 0.05) is 56.9 Å². The topological polar surface area (TPSA) is 86.7 Å². The zero-order chi connectivity index (χ0) is 20.7. The van der Waals surface area contributed by atoms with Gasteiger partial charge in [-0.3, -0.25) is 9.59 Å². The van der Waals surface area contributed by atoms with Gasteiger partial charge in [-0.1, -0.05) is 0 Å². The van der Waals surface area contributed by atoms with Gasteiger partial charge in [0.25, 0.3) is 11.5 Å². The van der Waals surface area contributed by atoms with Crippen LogP contribution < -0.4 is 16.2 Å². The van der Waals surface area contributed by atoms with Crippen LogP contribution in [-0.4, -0.2) is 71.6 Å². The van der Waals surface area contributed by atoms with Crippen LogP contribution in [0.4, 0.5) is 4.79 Å². The van der Waals surface area contributed by atoms with Crippen molar-refractivity contribution in [3.05, 3.63) is 33.7 Å². The number of piperidine rings is 2. The van der Waals surface area contributed by atoms with Crippen molar-refractivity contribution in [2.75, 3.05) is 39.3 Å². The van der Waals surface area contributed by atoms with Gasteiger partial charge in [0.1, 0.15) is 5.56 Å². The van der Waals surface area contributed by atoms with Crippen LogP contribution in [0.3, 0.4) is 0 Å². The predicted molar refractivity (Wildman–Crippen MR) is 120 cm³/mol. The molecule has 3 saturated heterocycles. The number of nitrogens with one attached hydrogen (secondary N) is 2. The first-order chi connectivity index (χ1) is 14.6. The van der Waals surface area contributed by atoms with Gasteiger partial charge in [-0.05, 0) is 56.7 Å². The number of nitrogens with zero attached hydrogens (tertiary/aromatic N) is 3. The summed E-state index contributed by atoms with van der Waals surface area (Å²) in [5.41, 5.74) is 1.12. The summed E-state index contributed by atoms with van der Waals surface area (Å²) in [6.45, 7) is 5.55. The summed E-state index contributed by atoms with van der Waals surface area (Å²) >= 11 is 0. The molecular weight excluding hydrogens is 418 g/mol. The minimum atomic E-state index is -0.284. The molecule has 0 spiro atoms. The molecule has 31 heavy (non-hydrogen) atoms. The van der Waals surface area contributed by atoms with E-state index in [0.29, 0.717) is 31.5 Å². The van der Waals surface area contributed by atoms with Crippen LogP contribution in [0, 0.1) is 5.92 Å². The van der Waals surface area contributed by atoms with Crippen molar-refractivity contribution in [2.24, 2.45) is 5.92 Å². The highest BCUT2D eigenvalue weighted by Gasteiger charge is 2.33. The molecule has 1 aromatic rings. The molecule has 3 fully saturated rings. The first kappa shape index (κ1) is 22.1. The molecule has 170 valence electrons. The van der Waals surface area contributed by atoms with E-state index >= 15 is 0 Å². The number of pyridine rings is 1. The number of halogens is 1. The van der Waals surface area contributed by atoms with Gasteiger partial charge in [0.05, 0.1) is 0 Å². The van der Waals surface area contributed by atoms with Crippen molar-refractivity contribution in [1.29, 1.82) is 0 Å². The molecule has 4 aliphatic heterocycles. The first-order valence-electron chi connectivity index (χ1n) is 11.4. The van der Waals surface area contributed by atoms with Gasteiger partial charge in [-0.15, -0.1) is 12.4 Å². The standard InChI is InChI=1S/C22H31N5O3.ClH/c28-20(24-17-5-9-26(10-6-17)22(30)25-7-1-2-8-25)18-3-4-19-16-11-15(12-23-13-16)14-27(19)21(18)29;/h3-4,15-17,23H,1-2,5-14H2,(H,24,28);1H/t15-,16+;/m0./s1. The van der Waals surface area contributed by atoms with E-state index in [9.17, 15) is 14.4 Å². The average molecular weight is 450 g/mol. The number of carbonyl (C=O) groups excluding carboxylic acids is 2. The minimum absolute atomic E-state index is 0. The largest absolute Gasteiger partial charge is 0.349 e. The fourth-order valence-corrected chi connectivity index (χ4v) is 5.55. The number of likely N-dealkylation sites (tertiary alicyclic amines) is 2. The van der Waals surface area contributed by atoms with Crippen molar-refractivity contribution in [2.45, 2.75) is 50.6 Å². The van der Waals surface area contributed by atoms with E-state index in [0.717, 1.165) is 64.0 Å². The molecule has 3 amide bonds. The number of carbonyl (C=O) groups is 2. The molecule has 9 heteroatoms. The van der Waals surface area contributed by atoms with E-state index in [4.69, 9.17) is 0 Å². The van der Waals surface area contributed by atoms with E-state index in [2.05, 4.69) is 10.6 Å². The van der Waals surface area contributed by atoms with Crippen LogP contribution in [0.25, 0.3) is 0 Å². The zero-order valence-electron chi connectivity index (χ0n) is 17.8. The summed E-state index contributed by atoms with van der Waals surface area (Å²) in [6, 6.07) is 3.79. The fourth-order valence-electron chi connectivity index (χ4n) is 5.55. The van der Waals surface area contributed by atoms with Crippen LogP contribution in [-0.2, 0) is 6.54 Å². The number of amides is 3. The van der Waals surface area contributed by atoms with E-state index in [1.54, 1.807) is 6.07 Å². The molecule has 8 nitrogen and oxygen atoms in total. The van der Waals surface area contributed by atoms with Crippen molar-refractivity contribution in [3.63, 3.8) is 0 Å². The lowest BCUT2D eigenvalue weighted by Gasteiger charge is -2.37. The number of hydrogen-bond donors (Lipinski definition) is 2. The number of aromatic nitrogens is 1. The Morgan fingerprint density at radius 3 is 2.45 bits per heavy atom. The number of fused-ring (bicyclic) bond motifs is 4. The number of urea groups is 1. The van der Waals surface area contributed by atoms with Crippen molar-refractivity contribution in [1.82, 2.24) is 25.0 Å². The Labute approximate surface area is 188 Å². The maximum absolute atomic E-state index is 13.0. The summed E-state index contributed by atoms with van der Waals surface area (Å²) in [6.07, 6.45) is 4.76. The molecule has 4 aliphatic rings. The number of hydrogen-bond acceptors (Lipinski definition) is 4. The third-order valence-electron chi connectivity index (χ3n) is 7.23. The van der Waals surface area contributed by atoms with Crippen molar-refractivity contribution >= 4 is 24.3 Å². The zero-order valence-corrected chi connectivity index (χ0v) is 18.7. The van der Waals surface area contributed by atoms with Gasteiger partial charge >= 0.3 is 6.03 Å². The van der Waals surface area contributed by atoms with Crippen LogP contribution in [0.2, 0.25) is 0 Å². The lowest BCUT2D eigenvalue weighted by molar-refractivity contribution is 0.0909. The van der Waals surface area contributed by atoms with Gasteiger partial charge in [-0.25, -0.2) is 4.79 Å². The average Bonchev–Trinajstić information content (AvgIpc) is 3.30. The van der Waals surface area contributed by atoms with Crippen LogP contribution in [0.1, 0.15) is 54.1 Å². The monoisotopic (exact) mass is 449 g/mol. The molecule has 2 atom stereocenters. The molecule has 0 aliphatic carbocycles. The molecule has 5 rings (SSSR count). The van der Waals surface area contributed by atoms with E-state index in [-0.39, 0.29) is 41.5 Å². The van der Waals surface area contributed by atoms with Crippen LogP contribution in [0.5, 0.6) is 0 Å². The molecule has 5 heterocycles.